The van der Waals surface area contributed by atoms with Crippen molar-refractivity contribution in [1.29, 1.82) is 0 Å². The zero-order valence-electron chi connectivity index (χ0n) is 11.1. The normalized spacial score (nSPS) is 24.6. The quantitative estimate of drug-likeness (QED) is 0.915. The maximum atomic E-state index is 12.7. The SMILES string of the molecule is Cn1cc(CCNC2CCCC(C(F)(F)F)C2)cn1. The zero-order chi connectivity index (χ0) is 13.9. The van der Waals surface area contributed by atoms with Crippen LogP contribution in [0, 0.1) is 5.92 Å². The number of halogens is 3. The first-order chi connectivity index (χ1) is 8.95. The van der Waals surface area contributed by atoms with Crippen molar-refractivity contribution in [2.24, 2.45) is 13.0 Å². The molecule has 0 bridgehead atoms. The minimum absolute atomic E-state index is 0.00273. The Balaban J connectivity index is 1.74. The van der Waals surface area contributed by atoms with Gasteiger partial charge >= 0.3 is 6.18 Å². The summed E-state index contributed by atoms with van der Waals surface area (Å²) < 4.78 is 39.7. The number of alkyl halides is 3. The molecule has 1 aromatic rings. The van der Waals surface area contributed by atoms with Gasteiger partial charge < -0.3 is 5.32 Å². The highest BCUT2D eigenvalue weighted by molar-refractivity contribution is 5.04. The summed E-state index contributed by atoms with van der Waals surface area (Å²) in [5, 5.41) is 7.31. The van der Waals surface area contributed by atoms with Gasteiger partial charge in [-0.05, 0) is 37.8 Å². The van der Waals surface area contributed by atoms with E-state index >= 15 is 0 Å². The predicted molar refractivity (Wildman–Crippen MR) is 66.7 cm³/mol. The highest BCUT2D eigenvalue weighted by atomic mass is 19.4. The van der Waals surface area contributed by atoms with Crippen LogP contribution >= 0.6 is 0 Å². The van der Waals surface area contributed by atoms with Gasteiger partial charge in [0.05, 0.1) is 12.1 Å². The molecule has 1 N–H and O–H groups in total. The van der Waals surface area contributed by atoms with Crippen molar-refractivity contribution in [2.45, 2.75) is 44.3 Å². The molecule has 19 heavy (non-hydrogen) atoms. The van der Waals surface area contributed by atoms with Gasteiger partial charge in [0.25, 0.3) is 0 Å². The molecular weight excluding hydrogens is 255 g/mol. The van der Waals surface area contributed by atoms with Crippen molar-refractivity contribution < 1.29 is 13.2 Å². The van der Waals surface area contributed by atoms with Gasteiger partial charge in [-0.2, -0.15) is 18.3 Å². The molecule has 1 aliphatic carbocycles. The van der Waals surface area contributed by atoms with Gasteiger partial charge in [-0.1, -0.05) is 6.42 Å². The second-order valence-corrected chi connectivity index (χ2v) is 5.33. The van der Waals surface area contributed by atoms with Crippen LogP contribution in [0.4, 0.5) is 13.2 Å². The first-order valence-corrected chi connectivity index (χ1v) is 6.73. The lowest BCUT2D eigenvalue weighted by Gasteiger charge is -2.31. The summed E-state index contributed by atoms with van der Waals surface area (Å²) in [7, 11) is 1.85. The fourth-order valence-corrected chi connectivity index (χ4v) is 2.69. The van der Waals surface area contributed by atoms with E-state index in [1.165, 1.54) is 0 Å². The molecule has 1 saturated carbocycles. The van der Waals surface area contributed by atoms with Crippen LogP contribution < -0.4 is 5.32 Å². The summed E-state index contributed by atoms with van der Waals surface area (Å²) in [6.45, 7) is 0.709. The molecule has 1 aromatic heterocycles. The second-order valence-electron chi connectivity index (χ2n) is 5.33. The Labute approximate surface area is 111 Å². The lowest BCUT2D eigenvalue weighted by atomic mass is 9.85. The van der Waals surface area contributed by atoms with Crippen molar-refractivity contribution in [1.82, 2.24) is 15.1 Å². The third-order valence-corrected chi connectivity index (χ3v) is 3.74. The number of nitrogens with zero attached hydrogens (tertiary/aromatic N) is 2. The molecule has 0 aromatic carbocycles. The Hall–Kier alpha value is -1.04. The Morgan fingerprint density at radius 2 is 2.21 bits per heavy atom. The molecule has 3 nitrogen and oxygen atoms in total. The first-order valence-electron chi connectivity index (χ1n) is 6.73. The van der Waals surface area contributed by atoms with Gasteiger partial charge in [0.1, 0.15) is 0 Å². The maximum Gasteiger partial charge on any atom is 0.391 e. The summed E-state index contributed by atoms with van der Waals surface area (Å²) in [6.07, 6.45) is 2.50. The molecule has 1 fully saturated rings. The molecule has 6 heteroatoms. The van der Waals surface area contributed by atoms with Crippen LogP contribution in [0.2, 0.25) is 0 Å². The van der Waals surface area contributed by atoms with Gasteiger partial charge in [0.2, 0.25) is 0 Å². The molecule has 0 saturated heterocycles. The van der Waals surface area contributed by atoms with Gasteiger partial charge in [-0.15, -0.1) is 0 Å². The molecule has 0 amide bonds. The summed E-state index contributed by atoms with van der Waals surface area (Å²) >= 11 is 0. The van der Waals surface area contributed by atoms with E-state index in [-0.39, 0.29) is 18.9 Å². The van der Waals surface area contributed by atoms with E-state index in [1.807, 2.05) is 13.2 Å². The summed E-state index contributed by atoms with van der Waals surface area (Å²) in [6, 6.07) is -0.00273. The van der Waals surface area contributed by atoms with Crippen LogP contribution in [-0.2, 0) is 13.5 Å². The van der Waals surface area contributed by atoms with Crippen molar-refractivity contribution in [3.63, 3.8) is 0 Å². The van der Waals surface area contributed by atoms with Gasteiger partial charge in [0, 0.05) is 19.3 Å². The van der Waals surface area contributed by atoms with Crippen LogP contribution in [0.25, 0.3) is 0 Å². The smallest absolute Gasteiger partial charge is 0.314 e. The minimum Gasteiger partial charge on any atom is -0.314 e. The molecule has 108 valence electrons. The van der Waals surface area contributed by atoms with Gasteiger partial charge in [-0.3, -0.25) is 4.68 Å². The van der Waals surface area contributed by atoms with Crippen molar-refractivity contribution in [3.8, 4) is 0 Å². The molecule has 0 radical (unpaired) electrons. The molecule has 1 aliphatic rings. The molecule has 0 spiro atoms. The fourth-order valence-electron chi connectivity index (χ4n) is 2.69. The van der Waals surface area contributed by atoms with E-state index < -0.39 is 12.1 Å². The largest absolute Gasteiger partial charge is 0.391 e. The van der Waals surface area contributed by atoms with Crippen molar-refractivity contribution >= 4 is 0 Å². The average molecular weight is 275 g/mol. The predicted octanol–water partition coefficient (Wildman–Crippen LogP) is 2.67. The number of hydrogen-bond donors (Lipinski definition) is 1. The second kappa shape index (κ2) is 5.94. The number of aryl methyl sites for hydroxylation is 1. The van der Waals surface area contributed by atoms with Crippen molar-refractivity contribution in [3.05, 3.63) is 18.0 Å². The highest BCUT2D eigenvalue weighted by Gasteiger charge is 2.41. The number of rotatable bonds is 4. The first kappa shape index (κ1) is 14.4. The Bertz CT molecular complexity index is 400. The monoisotopic (exact) mass is 275 g/mol. The third kappa shape index (κ3) is 4.23. The summed E-state index contributed by atoms with van der Waals surface area (Å²) in [5.41, 5.74) is 1.11. The van der Waals surface area contributed by atoms with E-state index in [0.29, 0.717) is 13.0 Å². The number of hydrogen-bond acceptors (Lipinski definition) is 2. The Kier molecular flexibility index (Phi) is 4.50. The van der Waals surface area contributed by atoms with E-state index in [4.69, 9.17) is 0 Å². The molecule has 0 aliphatic heterocycles. The van der Waals surface area contributed by atoms with E-state index in [0.717, 1.165) is 18.4 Å². The van der Waals surface area contributed by atoms with Crippen LogP contribution in [0.1, 0.15) is 31.2 Å². The average Bonchev–Trinajstić information content (AvgIpc) is 2.74. The topological polar surface area (TPSA) is 29.9 Å². The van der Waals surface area contributed by atoms with Gasteiger partial charge in [0.15, 0.2) is 0 Å². The van der Waals surface area contributed by atoms with Crippen molar-refractivity contribution in [2.75, 3.05) is 6.54 Å². The molecular formula is C13H20F3N3. The van der Waals surface area contributed by atoms with E-state index in [9.17, 15) is 13.2 Å². The molecule has 2 atom stereocenters. The van der Waals surface area contributed by atoms with Crippen LogP contribution in [-0.4, -0.2) is 28.5 Å². The standard InChI is InChI=1S/C13H20F3N3/c1-19-9-10(8-18-19)5-6-17-12-4-2-3-11(7-12)13(14,15)16/h8-9,11-12,17H,2-7H2,1H3. The molecule has 2 unspecified atom stereocenters. The Morgan fingerprint density at radius 3 is 2.84 bits per heavy atom. The zero-order valence-corrected chi connectivity index (χ0v) is 11.1. The molecule has 1 heterocycles. The highest BCUT2D eigenvalue weighted by Crippen LogP contribution is 2.37. The number of nitrogens with one attached hydrogen (secondary N) is 1. The summed E-state index contributed by atoms with van der Waals surface area (Å²) in [4.78, 5) is 0. The van der Waals surface area contributed by atoms with Gasteiger partial charge in [-0.25, -0.2) is 0 Å². The van der Waals surface area contributed by atoms with Crippen LogP contribution in [0.15, 0.2) is 12.4 Å². The number of aromatic nitrogens is 2. The van der Waals surface area contributed by atoms with Crippen LogP contribution in [0.5, 0.6) is 0 Å². The fraction of sp³-hybridized carbons (Fsp3) is 0.769. The molecule has 2 rings (SSSR count). The maximum absolute atomic E-state index is 12.7. The Morgan fingerprint density at radius 1 is 1.42 bits per heavy atom. The lowest BCUT2D eigenvalue weighted by Crippen LogP contribution is -2.39. The van der Waals surface area contributed by atoms with Crippen LogP contribution in [0.3, 0.4) is 0 Å². The summed E-state index contributed by atoms with van der Waals surface area (Å²) in [5.74, 6) is -1.13. The third-order valence-electron chi connectivity index (χ3n) is 3.74. The minimum atomic E-state index is -4.04. The van der Waals surface area contributed by atoms with E-state index in [1.54, 1.807) is 10.9 Å². The lowest BCUT2D eigenvalue weighted by molar-refractivity contribution is -0.183. The van der Waals surface area contributed by atoms with E-state index in [2.05, 4.69) is 10.4 Å².